The quantitative estimate of drug-likeness (QED) is 0.0743. The molecule has 0 spiro atoms. The third-order valence-electron chi connectivity index (χ3n) is 7.62. The summed E-state index contributed by atoms with van der Waals surface area (Å²) < 4.78 is 14.9. The van der Waals surface area contributed by atoms with Crippen molar-refractivity contribution >= 4 is 36.8 Å². The molecule has 0 saturated carbocycles. The second kappa shape index (κ2) is 23.9. The first kappa shape index (κ1) is 34.6. The fraction of sp³-hybridized carbons (Fsp3) is 0.750. The predicted molar refractivity (Wildman–Crippen MR) is 166 cm³/mol. The van der Waals surface area contributed by atoms with E-state index in [2.05, 4.69) is 86.2 Å². The Morgan fingerprint density at radius 3 is 0.735 bits per heavy atom. The first-order valence-corrected chi connectivity index (χ1v) is 30.7. The second-order valence-electron chi connectivity index (χ2n) is 10.8. The van der Waals surface area contributed by atoms with Gasteiger partial charge in [-0.15, -0.1) is 0 Å². The van der Waals surface area contributed by atoms with E-state index in [-0.39, 0.29) is 0 Å². The summed E-state index contributed by atoms with van der Waals surface area (Å²) in [6, 6.07) is 0. The van der Waals surface area contributed by atoms with Crippen molar-refractivity contribution in [1.82, 2.24) is 0 Å². The topological polar surface area (TPSA) is 0 Å². The van der Waals surface area contributed by atoms with Crippen molar-refractivity contribution in [2.24, 2.45) is 0 Å². The summed E-state index contributed by atoms with van der Waals surface area (Å²) in [5.74, 6) is 0. The maximum atomic E-state index is 2.78. The monoisotopic (exact) mass is 686 g/mol. The van der Waals surface area contributed by atoms with Gasteiger partial charge in [0, 0.05) is 0 Å². The predicted octanol–water partition coefficient (Wildman–Crippen LogP) is 12.0. The van der Waals surface area contributed by atoms with E-state index < -0.39 is 36.8 Å². The molecule has 0 aromatic carbocycles. The normalized spacial score (nSPS) is 13.5. The number of allylic oxidation sites excluding steroid dienone is 6. The molecular formula is C32H62Sn2. The molecule has 0 aromatic heterocycles. The molecule has 0 nitrogen and oxygen atoms in total. The van der Waals surface area contributed by atoms with Gasteiger partial charge in [0.05, 0.1) is 0 Å². The zero-order chi connectivity index (χ0) is 25.4. The van der Waals surface area contributed by atoms with Gasteiger partial charge < -0.3 is 0 Å². The molecule has 0 atom stereocenters. The van der Waals surface area contributed by atoms with Crippen molar-refractivity contribution in [3.63, 3.8) is 0 Å². The van der Waals surface area contributed by atoms with E-state index in [0.29, 0.717) is 0 Å². The Bertz CT molecular complexity index is 462. The van der Waals surface area contributed by atoms with E-state index in [1.807, 2.05) is 0 Å². The average molecular weight is 684 g/mol. The molecule has 0 amide bonds. The minimum atomic E-state index is -2.12. The van der Waals surface area contributed by atoms with E-state index in [1.54, 1.807) is 26.6 Å². The molecule has 0 radical (unpaired) electrons. The third-order valence-corrected chi connectivity index (χ3v) is 35.9. The van der Waals surface area contributed by atoms with E-state index in [0.717, 1.165) is 0 Å². The molecule has 0 aromatic rings. The van der Waals surface area contributed by atoms with Crippen LogP contribution in [0.3, 0.4) is 0 Å². The van der Waals surface area contributed by atoms with Gasteiger partial charge >= 0.3 is 227 Å². The Balaban J connectivity index is 5.22. The number of hydrogen-bond acceptors (Lipinski definition) is 0. The molecule has 0 bridgehead atoms. The van der Waals surface area contributed by atoms with Crippen molar-refractivity contribution in [2.45, 2.75) is 145 Å². The molecule has 0 aliphatic carbocycles. The summed E-state index contributed by atoms with van der Waals surface area (Å²) in [5, 5.41) is 0. The van der Waals surface area contributed by atoms with Crippen molar-refractivity contribution in [1.29, 1.82) is 0 Å². The van der Waals surface area contributed by atoms with Crippen LogP contribution in [0.1, 0.15) is 119 Å². The van der Waals surface area contributed by atoms with Crippen LogP contribution in [0.5, 0.6) is 0 Å². The summed E-state index contributed by atoms with van der Waals surface area (Å²) in [5.41, 5.74) is 0. The molecular weight excluding hydrogens is 622 g/mol. The van der Waals surface area contributed by atoms with Gasteiger partial charge in [0.25, 0.3) is 0 Å². The van der Waals surface area contributed by atoms with Gasteiger partial charge in [-0.05, 0) is 0 Å². The van der Waals surface area contributed by atoms with Gasteiger partial charge in [-0.25, -0.2) is 0 Å². The number of unbranched alkanes of at least 4 members (excludes halogenated alkanes) is 6. The van der Waals surface area contributed by atoms with Crippen molar-refractivity contribution in [3.05, 3.63) is 44.6 Å². The van der Waals surface area contributed by atoms with E-state index in [1.165, 1.54) is 77.0 Å². The van der Waals surface area contributed by atoms with Crippen molar-refractivity contribution in [2.75, 3.05) is 0 Å². The molecule has 0 saturated heterocycles. The first-order chi connectivity index (χ1) is 16.6. The Morgan fingerprint density at radius 2 is 0.529 bits per heavy atom. The van der Waals surface area contributed by atoms with Crippen LogP contribution >= 0.6 is 0 Å². The van der Waals surface area contributed by atoms with Gasteiger partial charge in [-0.3, -0.25) is 0 Å². The number of hydrogen-bond donors (Lipinski definition) is 0. The minimum absolute atomic E-state index is 1.36. The second-order valence-corrected chi connectivity index (χ2v) is 36.9. The van der Waals surface area contributed by atoms with Gasteiger partial charge in [0.1, 0.15) is 0 Å². The summed E-state index contributed by atoms with van der Waals surface area (Å²) in [6.07, 6.45) is 30.9. The zero-order valence-electron chi connectivity index (χ0n) is 24.3. The molecule has 0 aliphatic heterocycles. The average Bonchev–Trinajstić information content (AvgIpc) is 2.86. The van der Waals surface area contributed by atoms with Crippen molar-refractivity contribution < 1.29 is 0 Å². The van der Waals surface area contributed by atoms with Crippen LogP contribution in [0.2, 0.25) is 26.6 Å². The van der Waals surface area contributed by atoms with E-state index in [4.69, 9.17) is 0 Å². The van der Waals surface area contributed by atoms with E-state index >= 15 is 0 Å². The molecule has 34 heavy (non-hydrogen) atoms. The summed E-state index contributed by atoms with van der Waals surface area (Å²) >= 11 is -4.24. The third kappa shape index (κ3) is 17.1. The van der Waals surface area contributed by atoms with Gasteiger partial charge in [-0.2, -0.15) is 0 Å². The molecule has 2 heteroatoms. The summed E-state index contributed by atoms with van der Waals surface area (Å²) in [6.45, 7) is 14.2. The SMILES string of the molecule is CCC[CH2][Sn](/[CH]=C/C=C\C=C\C=[CH]\[Sn]([CH2]CCC)([CH2]CCC)[CH2]CCC)([CH2]CCC)[CH2]CCC. The van der Waals surface area contributed by atoms with Crippen LogP contribution in [0, 0.1) is 0 Å². The zero-order valence-corrected chi connectivity index (χ0v) is 30.1. The Hall–Kier alpha value is 0.557. The molecule has 0 N–H and O–H groups in total. The fourth-order valence-electron chi connectivity index (χ4n) is 5.20. The summed E-state index contributed by atoms with van der Waals surface area (Å²) in [7, 11) is 0. The molecule has 0 rings (SSSR count). The number of rotatable bonds is 23. The van der Waals surface area contributed by atoms with Crippen LogP contribution in [0.15, 0.2) is 44.6 Å². The van der Waals surface area contributed by atoms with Gasteiger partial charge in [0.2, 0.25) is 0 Å². The molecule has 198 valence electrons. The molecule has 0 aliphatic rings. The maximum absolute atomic E-state index is 2.78. The molecule has 0 unspecified atom stereocenters. The van der Waals surface area contributed by atoms with Crippen LogP contribution in [0.4, 0.5) is 0 Å². The van der Waals surface area contributed by atoms with Crippen LogP contribution in [-0.2, 0) is 0 Å². The molecule has 0 heterocycles. The first-order valence-electron chi connectivity index (χ1n) is 15.3. The van der Waals surface area contributed by atoms with Crippen LogP contribution < -0.4 is 0 Å². The Morgan fingerprint density at radius 1 is 0.324 bits per heavy atom. The van der Waals surface area contributed by atoms with Crippen molar-refractivity contribution in [3.8, 4) is 0 Å². The Labute approximate surface area is 225 Å². The fourth-order valence-corrected chi connectivity index (χ4v) is 33.4. The van der Waals surface area contributed by atoms with Gasteiger partial charge in [-0.1, -0.05) is 0 Å². The Kier molecular flexibility index (Phi) is 24.3. The summed E-state index contributed by atoms with van der Waals surface area (Å²) in [4.78, 5) is 0. The van der Waals surface area contributed by atoms with E-state index in [9.17, 15) is 0 Å². The standard InChI is InChI=1S/C8H8.6C4H9.2Sn/c1-3-5-7-8-6-4-2;6*1-3-4-2;;/h1-8H;6*1,3-4H2,2H3;;/b3-1?,4-2?,7-5-,8-6+;;;;;;;;. The van der Waals surface area contributed by atoms with Gasteiger partial charge in [0.15, 0.2) is 0 Å². The van der Waals surface area contributed by atoms with Crippen LogP contribution in [0.25, 0.3) is 0 Å². The molecule has 0 fully saturated rings. The van der Waals surface area contributed by atoms with Crippen LogP contribution in [-0.4, -0.2) is 36.8 Å².